The third-order valence-corrected chi connectivity index (χ3v) is 5.88. The van der Waals surface area contributed by atoms with Crippen LogP contribution in [0.25, 0.3) is 0 Å². The number of carbonyl (C=O) groups excluding carboxylic acids is 1. The molecule has 1 aromatic heterocycles. The summed E-state index contributed by atoms with van der Waals surface area (Å²) in [6.07, 6.45) is 5.64. The highest BCUT2D eigenvalue weighted by atomic mass is 32.2. The summed E-state index contributed by atoms with van der Waals surface area (Å²) in [6, 6.07) is 7.20. The number of rotatable bonds is 6. The second-order valence-electron chi connectivity index (χ2n) is 6.63. The highest BCUT2D eigenvalue weighted by molar-refractivity contribution is 7.92. The number of carbonyl (C=O) groups is 2. The van der Waals surface area contributed by atoms with Crippen LogP contribution in [-0.4, -0.2) is 35.4 Å². The van der Waals surface area contributed by atoms with E-state index in [0.717, 1.165) is 0 Å². The first-order chi connectivity index (χ1) is 13.8. The Morgan fingerprint density at radius 1 is 1.07 bits per heavy atom. The van der Waals surface area contributed by atoms with Gasteiger partial charge in [-0.1, -0.05) is 12.2 Å². The molecule has 3 N–H and O–H groups in total. The van der Waals surface area contributed by atoms with Crippen molar-refractivity contribution in [1.82, 2.24) is 9.97 Å². The predicted octanol–water partition coefficient (Wildman–Crippen LogP) is 2.19. The van der Waals surface area contributed by atoms with Crippen molar-refractivity contribution in [1.29, 1.82) is 0 Å². The van der Waals surface area contributed by atoms with Gasteiger partial charge in [-0.15, -0.1) is 0 Å². The number of amides is 1. The Bertz CT molecular complexity index is 1050. The summed E-state index contributed by atoms with van der Waals surface area (Å²) in [5.41, 5.74) is 0.993. The average molecular weight is 416 g/mol. The molecule has 1 amide bonds. The summed E-state index contributed by atoms with van der Waals surface area (Å²) in [4.78, 5) is 31.7. The van der Waals surface area contributed by atoms with Gasteiger partial charge in [0.1, 0.15) is 0 Å². The molecule has 1 heterocycles. The summed E-state index contributed by atoms with van der Waals surface area (Å²) in [6.45, 7) is 1.72. The van der Waals surface area contributed by atoms with Crippen molar-refractivity contribution in [3.63, 3.8) is 0 Å². The number of benzene rings is 1. The van der Waals surface area contributed by atoms with Gasteiger partial charge in [-0.3, -0.25) is 9.59 Å². The van der Waals surface area contributed by atoms with E-state index in [4.69, 9.17) is 0 Å². The fourth-order valence-corrected chi connectivity index (χ4v) is 3.96. The number of carboxylic acid groups (broad SMARTS) is 1. The van der Waals surface area contributed by atoms with E-state index in [0.29, 0.717) is 24.2 Å². The molecule has 1 aromatic carbocycles. The lowest BCUT2D eigenvalue weighted by Gasteiger charge is -2.24. The van der Waals surface area contributed by atoms with Crippen molar-refractivity contribution in [2.24, 2.45) is 11.8 Å². The molecule has 0 fully saturated rings. The number of aromatic nitrogens is 2. The number of anilines is 2. The van der Waals surface area contributed by atoms with Crippen molar-refractivity contribution in [3.05, 3.63) is 54.4 Å². The molecule has 152 valence electrons. The van der Waals surface area contributed by atoms with Gasteiger partial charge in [0.15, 0.2) is 0 Å². The second kappa shape index (κ2) is 8.39. The van der Waals surface area contributed by atoms with E-state index in [1.165, 1.54) is 30.5 Å². The molecule has 29 heavy (non-hydrogen) atoms. The van der Waals surface area contributed by atoms with Gasteiger partial charge in [-0.25, -0.2) is 23.1 Å². The molecule has 10 heteroatoms. The third-order valence-electron chi connectivity index (χ3n) is 4.54. The average Bonchev–Trinajstić information content (AvgIpc) is 2.68. The van der Waals surface area contributed by atoms with Gasteiger partial charge in [0.05, 0.1) is 16.7 Å². The topological polar surface area (TPSA) is 138 Å². The van der Waals surface area contributed by atoms with E-state index in [1.807, 2.05) is 0 Å². The summed E-state index contributed by atoms with van der Waals surface area (Å²) in [5.74, 6) is -2.92. The zero-order valence-electron chi connectivity index (χ0n) is 15.6. The normalized spacial score (nSPS) is 18.8. The van der Waals surface area contributed by atoms with Crippen molar-refractivity contribution < 1.29 is 23.1 Å². The summed E-state index contributed by atoms with van der Waals surface area (Å²) in [5, 5.41) is 11.9. The second-order valence-corrected chi connectivity index (χ2v) is 8.32. The minimum Gasteiger partial charge on any atom is -0.481 e. The number of nitrogens with zero attached hydrogens (tertiary/aromatic N) is 2. The van der Waals surface area contributed by atoms with Gasteiger partial charge in [0.25, 0.3) is 10.0 Å². The van der Waals surface area contributed by atoms with E-state index < -0.39 is 33.7 Å². The summed E-state index contributed by atoms with van der Waals surface area (Å²) in [7, 11) is -3.89. The van der Waals surface area contributed by atoms with Crippen LogP contribution < -0.4 is 10.0 Å². The van der Waals surface area contributed by atoms with Crippen LogP contribution in [0.4, 0.5) is 11.6 Å². The number of aliphatic carboxylic acids is 1. The number of hydrogen-bond acceptors (Lipinski definition) is 6. The standard InChI is InChI=1S/C19H20N4O5S/c1-12-10-11-20-19(21-12)23-29(27,28)14-8-6-13(7-9-14)22-17(24)15-4-2-3-5-16(15)18(25)26/h2-3,6-11,15-16H,4-5H2,1H3,(H,22,24)(H,25,26)(H,20,21,23)/t15-,16+/m1/s1. The van der Waals surface area contributed by atoms with Crippen LogP contribution in [0.15, 0.2) is 53.6 Å². The summed E-state index contributed by atoms with van der Waals surface area (Å²) >= 11 is 0. The minimum atomic E-state index is -3.89. The maximum absolute atomic E-state index is 12.5. The van der Waals surface area contributed by atoms with E-state index in [2.05, 4.69) is 20.0 Å². The monoisotopic (exact) mass is 416 g/mol. The third kappa shape index (κ3) is 4.96. The Morgan fingerprint density at radius 2 is 1.72 bits per heavy atom. The molecule has 0 saturated carbocycles. The quantitative estimate of drug-likeness (QED) is 0.614. The van der Waals surface area contributed by atoms with Gasteiger partial charge in [0.2, 0.25) is 11.9 Å². The molecule has 0 spiro atoms. The number of aryl methyl sites for hydroxylation is 1. The van der Waals surface area contributed by atoms with Crippen LogP contribution >= 0.6 is 0 Å². The Morgan fingerprint density at radius 3 is 2.34 bits per heavy atom. The van der Waals surface area contributed by atoms with Crippen LogP contribution in [0.3, 0.4) is 0 Å². The molecule has 0 saturated heterocycles. The Balaban J connectivity index is 1.70. The molecule has 2 atom stereocenters. The molecule has 2 aromatic rings. The van der Waals surface area contributed by atoms with Gasteiger partial charge >= 0.3 is 5.97 Å². The molecule has 0 aliphatic heterocycles. The summed E-state index contributed by atoms with van der Waals surface area (Å²) < 4.78 is 27.2. The Hall–Kier alpha value is -3.27. The first-order valence-electron chi connectivity index (χ1n) is 8.87. The smallest absolute Gasteiger partial charge is 0.307 e. The van der Waals surface area contributed by atoms with Crippen molar-refractivity contribution >= 4 is 33.5 Å². The molecule has 0 bridgehead atoms. The van der Waals surface area contributed by atoms with Crippen molar-refractivity contribution in [2.75, 3.05) is 10.0 Å². The Labute approximate surface area is 167 Å². The minimum absolute atomic E-state index is 0.0235. The predicted molar refractivity (Wildman–Crippen MR) is 106 cm³/mol. The van der Waals surface area contributed by atoms with Crippen LogP contribution in [-0.2, 0) is 19.6 Å². The lowest BCUT2D eigenvalue weighted by Crippen LogP contribution is -2.34. The van der Waals surface area contributed by atoms with E-state index in [9.17, 15) is 23.1 Å². The lowest BCUT2D eigenvalue weighted by atomic mass is 9.82. The molecule has 1 aliphatic rings. The maximum atomic E-state index is 12.5. The first-order valence-corrected chi connectivity index (χ1v) is 10.4. The molecule has 1 aliphatic carbocycles. The molecule has 0 unspecified atom stereocenters. The van der Waals surface area contributed by atoms with E-state index in [1.54, 1.807) is 25.1 Å². The molecule has 3 rings (SSSR count). The highest BCUT2D eigenvalue weighted by Gasteiger charge is 2.34. The van der Waals surface area contributed by atoms with Crippen LogP contribution in [0.1, 0.15) is 18.5 Å². The SMILES string of the molecule is Cc1ccnc(NS(=O)(=O)c2ccc(NC(=O)[C@@H]3CC=CC[C@@H]3C(=O)O)cc2)n1. The fourth-order valence-electron chi connectivity index (χ4n) is 3.01. The molecule has 0 radical (unpaired) electrons. The number of sulfonamides is 1. The molecular weight excluding hydrogens is 396 g/mol. The van der Waals surface area contributed by atoms with Crippen LogP contribution in [0.2, 0.25) is 0 Å². The first kappa shape index (κ1) is 20.5. The van der Waals surface area contributed by atoms with Gasteiger partial charge < -0.3 is 10.4 Å². The van der Waals surface area contributed by atoms with E-state index in [-0.39, 0.29) is 10.8 Å². The zero-order chi connectivity index (χ0) is 21.0. The lowest BCUT2D eigenvalue weighted by molar-refractivity contribution is -0.146. The van der Waals surface area contributed by atoms with Gasteiger partial charge in [0, 0.05) is 17.6 Å². The highest BCUT2D eigenvalue weighted by Crippen LogP contribution is 2.27. The maximum Gasteiger partial charge on any atom is 0.307 e. The molecule has 9 nitrogen and oxygen atoms in total. The van der Waals surface area contributed by atoms with Crippen LogP contribution in [0.5, 0.6) is 0 Å². The Kier molecular flexibility index (Phi) is 5.92. The van der Waals surface area contributed by atoms with Crippen molar-refractivity contribution in [2.45, 2.75) is 24.7 Å². The van der Waals surface area contributed by atoms with Gasteiger partial charge in [-0.05, 0) is 50.1 Å². The fraction of sp³-hybridized carbons (Fsp3) is 0.263. The number of carboxylic acids is 1. The van der Waals surface area contributed by atoms with E-state index >= 15 is 0 Å². The zero-order valence-corrected chi connectivity index (χ0v) is 16.4. The van der Waals surface area contributed by atoms with Crippen LogP contribution in [0, 0.1) is 18.8 Å². The van der Waals surface area contributed by atoms with Gasteiger partial charge in [-0.2, -0.15) is 0 Å². The number of hydrogen-bond donors (Lipinski definition) is 3. The number of nitrogens with one attached hydrogen (secondary N) is 2. The number of allylic oxidation sites excluding steroid dienone is 2. The van der Waals surface area contributed by atoms with Crippen molar-refractivity contribution in [3.8, 4) is 0 Å². The molecular formula is C19H20N4O5S. The largest absolute Gasteiger partial charge is 0.481 e.